The van der Waals surface area contributed by atoms with E-state index in [1.165, 1.54) is 0 Å². The Morgan fingerprint density at radius 2 is 2.12 bits per heavy atom. The van der Waals surface area contributed by atoms with Crippen LogP contribution in [-0.2, 0) is 4.79 Å². The maximum Gasteiger partial charge on any atom is 0.300 e. The maximum atomic E-state index is 11.8. The number of nitrogens with zero attached hydrogens (tertiary/aromatic N) is 1. The van der Waals surface area contributed by atoms with Crippen molar-refractivity contribution >= 4 is 33.1 Å². The molecule has 1 heterocycles. The molecule has 0 aliphatic carbocycles. The zero-order valence-electron chi connectivity index (χ0n) is 13.4. The van der Waals surface area contributed by atoms with Crippen LogP contribution in [0, 0.1) is 11.8 Å². The molecule has 0 saturated heterocycles. The zero-order chi connectivity index (χ0) is 16.9. The summed E-state index contributed by atoms with van der Waals surface area (Å²) in [5, 5.41) is 3.68. The summed E-state index contributed by atoms with van der Waals surface area (Å²) in [6.07, 6.45) is 0. The number of para-hydroxylation sites is 1. The number of hydrogen-bond acceptors (Lipinski definition) is 4. The van der Waals surface area contributed by atoms with Crippen molar-refractivity contribution in [3.8, 4) is 28.2 Å². The van der Waals surface area contributed by atoms with Crippen LogP contribution in [0.3, 0.4) is 0 Å². The summed E-state index contributed by atoms with van der Waals surface area (Å²) < 4.78 is 6.71. The summed E-state index contributed by atoms with van der Waals surface area (Å²) in [5.74, 6) is 5.32. The van der Waals surface area contributed by atoms with E-state index in [4.69, 9.17) is 4.74 Å². The number of amides is 1. The maximum absolute atomic E-state index is 11.8. The highest BCUT2D eigenvalue weighted by atomic mass is 32.1. The number of thiazole rings is 1. The van der Waals surface area contributed by atoms with Crippen LogP contribution in [0.15, 0.2) is 42.5 Å². The number of carbonyl (C=O) groups is 1. The summed E-state index contributed by atoms with van der Waals surface area (Å²) in [4.78, 5) is 16.5. The van der Waals surface area contributed by atoms with E-state index in [9.17, 15) is 4.79 Å². The van der Waals surface area contributed by atoms with Gasteiger partial charge in [-0.25, -0.2) is 4.98 Å². The van der Waals surface area contributed by atoms with Crippen molar-refractivity contribution in [3.63, 3.8) is 0 Å². The average Bonchev–Trinajstić information content (AvgIpc) is 3.01. The Labute approximate surface area is 144 Å². The van der Waals surface area contributed by atoms with Gasteiger partial charge >= 0.3 is 0 Å². The summed E-state index contributed by atoms with van der Waals surface area (Å²) >= 11 is 1.61. The highest BCUT2D eigenvalue weighted by molar-refractivity contribution is 7.21. The Kier molecular flexibility index (Phi) is 4.78. The van der Waals surface area contributed by atoms with Crippen molar-refractivity contribution in [2.45, 2.75) is 13.8 Å². The lowest BCUT2D eigenvalue weighted by Crippen LogP contribution is -2.10. The van der Waals surface area contributed by atoms with Gasteiger partial charge < -0.3 is 10.1 Å². The SMILES string of the molecule is CC#CC(=O)Nc1cc(-c2nc3ccccc3s2)ccc1OCC. The van der Waals surface area contributed by atoms with Crippen LogP contribution in [-0.4, -0.2) is 17.5 Å². The molecule has 0 spiro atoms. The minimum absolute atomic E-state index is 0.361. The molecule has 0 bridgehead atoms. The lowest BCUT2D eigenvalue weighted by atomic mass is 10.2. The van der Waals surface area contributed by atoms with Crippen molar-refractivity contribution in [2.75, 3.05) is 11.9 Å². The number of benzene rings is 2. The molecule has 0 atom stereocenters. The van der Waals surface area contributed by atoms with Gasteiger partial charge in [-0.1, -0.05) is 18.1 Å². The number of anilines is 1. The monoisotopic (exact) mass is 336 g/mol. The predicted octanol–water partition coefficient (Wildman–Crippen LogP) is 4.32. The Hall–Kier alpha value is -2.84. The van der Waals surface area contributed by atoms with Crippen LogP contribution >= 0.6 is 11.3 Å². The Balaban J connectivity index is 2.01. The Morgan fingerprint density at radius 1 is 1.29 bits per heavy atom. The number of rotatable bonds is 4. The highest BCUT2D eigenvalue weighted by Crippen LogP contribution is 2.34. The normalized spacial score (nSPS) is 10.1. The smallest absolute Gasteiger partial charge is 0.300 e. The van der Waals surface area contributed by atoms with Crippen molar-refractivity contribution in [3.05, 3.63) is 42.5 Å². The van der Waals surface area contributed by atoms with Crippen molar-refractivity contribution in [2.24, 2.45) is 0 Å². The van der Waals surface area contributed by atoms with Gasteiger partial charge in [0.05, 0.1) is 22.5 Å². The summed E-state index contributed by atoms with van der Waals surface area (Å²) in [6.45, 7) is 4.04. The molecule has 5 heteroatoms. The lowest BCUT2D eigenvalue weighted by molar-refractivity contribution is -0.111. The molecular weight excluding hydrogens is 320 g/mol. The van der Waals surface area contributed by atoms with Crippen LogP contribution < -0.4 is 10.1 Å². The molecule has 1 N–H and O–H groups in total. The largest absolute Gasteiger partial charge is 0.492 e. The molecule has 24 heavy (non-hydrogen) atoms. The molecule has 120 valence electrons. The van der Waals surface area contributed by atoms with Crippen LogP contribution in [0.5, 0.6) is 5.75 Å². The van der Waals surface area contributed by atoms with E-state index in [0.29, 0.717) is 18.0 Å². The van der Waals surface area contributed by atoms with E-state index in [1.807, 2.05) is 49.4 Å². The first-order valence-electron chi connectivity index (χ1n) is 7.57. The zero-order valence-corrected chi connectivity index (χ0v) is 14.2. The van der Waals surface area contributed by atoms with Crippen molar-refractivity contribution in [1.29, 1.82) is 0 Å². The second kappa shape index (κ2) is 7.16. The van der Waals surface area contributed by atoms with E-state index in [1.54, 1.807) is 18.3 Å². The highest BCUT2D eigenvalue weighted by Gasteiger charge is 2.11. The number of nitrogens with one attached hydrogen (secondary N) is 1. The van der Waals surface area contributed by atoms with Gasteiger partial charge in [0.1, 0.15) is 10.8 Å². The van der Waals surface area contributed by atoms with Gasteiger partial charge in [0, 0.05) is 5.56 Å². The molecule has 0 aliphatic rings. The molecule has 4 nitrogen and oxygen atoms in total. The molecule has 0 saturated carbocycles. The van der Waals surface area contributed by atoms with Crippen LogP contribution in [0.2, 0.25) is 0 Å². The second-order valence-electron chi connectivity index (χ2n) is 4.96. The summed E-state index contributed by atoms with van der Waals surface area (Å²) in [7, 11) is 0. The molecule has 1 amide bonds. The van der Waals surface area contributed by atoms with Crippen LogP contribution in [0.25, 0.3) is 20.8 Å². The third-order valence-electron chi connectivity index (χ3n) is 3.31. The van der Waals surface area contributed by atoms with Crippen molar-refractivity contribution < 1.29 is 9.53 Å². The number of aromatic nitrogens is 1. The first-order valence-corrected chi connectivity index (χ1v) is 8.39. The minimum Gasteiger partial charge on any atom is -0.492 e. The number of carbonyl (C=O) groups excluding carboxylic acids is 1. The van der Waals surface area contributed by atoms with Gasteiger partial charge in [-0.3, -0.25) is 4.79 Å². The molecule has 0 unspecified atom stereocenters. The third-order valence-corrected chi connectivity index (χ3v) is 4.39. The molecular formula is C19H16N2O2S. The van der Waals surface area contributed by atoms with Gasteiger partial charge in [-0.15, -0.1) is 11.3 Å². The Morgan fingerprint density at radius 3 is 2.88 bits per heavy atom. The van der Waals surface area contributed by atoms with E-state index in [0.717, 1.165) is 20.8 Å². The third kappa shape index (κ3) is 3.39. The molecule has 0 fully saturated rings. The van der Waals surface area contributed by atoms with Gasteiger partial charge in [0.25, 0.3) is 5.91 Å². The standard InChI is InChI=1S/C19H16N2O2S/c1-3-7-18(22)20-15-12-13(10-11-16(15)23-4-2)19-21-14-8-5-6-9-17(14)24-19/h5-6,8-12H,4H2,1-2H3,(H,20,22). The lowest BCUT2D eigenvalue weighted by Gasteiger charge is -2.11. The number of hydrogen-bond donors (Lipinski definition) is 1. The minimum atomic E-state index is -0.361. The van der Waals surface area contributed by atoms with E-state index in [-0.39, 0.29) is 5.91 Å². The molecule has 3 rings (SSSR count). The predicted molar refractivity (Wildman–Crippen MR) is 98.3 cm³/mol. The Bertz CT molecular complexity index is 918. The number of ether oxygens (including phenoxy) is 1. The fourth-order valence-corrected chi connectivity index (χ4v) is 3.27. The van der Waals surface area contributed by atoms with E-state index >= 15 is 0 Å². The van der Waals surface area contributed by atoms with Crippen LogP contribution in [0.1, 0.15) is 13.8 Å². The first kappa shape index (κ1) is 16.0. The topological polar surface area (TPSA) is 51.2 Å². The summed E-state index contributed by atoms with van der Waals surface area (Å²) in [6, 6.07) is 13.7. The molecule has 0 aliphatic heterocycles. The second-order valence-corrected chi connectivity index (χ2v) is 5.99. The van der Waals surface area contributed by atoms with Gasteiger partial charge in [0.15, 0.2) is 0 Å². The van der Waals surface area contributed by atoms with E-state index in [2.05, 4.69) is 22.1 Å². The molecule has 3 aromatic rings. The fourth-order valence-electron chi connectivity index (χ4n) is 2.30. The summed E-state index contributed by atoms with van der Waals surface area (Å²) in [5.41, 5.74) is 2.49. The van der Waals surface area contributed by atoms with Gasteiger partial charge in [-0.2, -0.15) is 0 Å². The van der Waals surface area contributed by atoms with Crippen molar-refractivity contribution in [1.82, 2.24) is 4.98 Å². The fraction of sp³-hybridized carbons (Fsp3) is 0.158. The quantitative estimate of drug-likeness (QED) is 0.722. The first-order chi connectivity index (χ1) is 11.7. The molecule has 0 radical (unpaired) electrons. The number of fused-ring (bicyclic) bond motifs is 1. The molecule has 1 aromatic heterocycles. The average molecular weight is 336 g/mol. The van der Waals surface area contributed by atoms with Gasteiger partial charge in [-0.05, 0) is 50.1 Å². The van der Waals surface area contributed by atoms with Crippen LogP contribution in [0.4, 0.5) is 5.69 Å². The van der Waals surface area contributed by atoms with E-state index < -0.39 is 0 Å². The molecule has 2 aromatic carbocycles. The van der Waals surface area contributed by atoms with Gasteiger partial charge in [0.2, 0.25) is 0 Å².